The van der Waals surface area contributed by atoms with Crippen molar-refractivity contribution < 1.29 is 17.8 Å². The number of fused-ring (bicyclic) bond motifs is 1. The van der Waals surface area contributed by atoms with Crippen LogP contribution in [0.1, 0.15) is 17.8 Å². The average Bonchev–Trinajstić information content (AvgIpc) is 3.27. The van der Waals surface area contributed by atoms with Gasteiger partial charge in [0.2, 0.25) is 0 Å². The summed E-state index contributed by atoms with van der Waals surface area (Å²) >= 11 is 0. The molecular formula is C46H33N. The van der Waals surface area contributed by atoms with Gasteiger partial charge in [0.15, 0.2) is 0 Å². The van der Waals surface area contributed by atoms with Crippen LogP contribution in [0.15, 0.2) is 200 Å². The summed E-state index contributed by atoms with van der Waals surface area (Å²) in [6.45, 7) is 0. The quantitative estimate of drug-likeness (QED) is 0.173. The monoisotopic (exact) mass is 612 g/mol. The van der Waals surface area contributed by atoms with Crippen molar-refractivity contribution in [3.05, 3.63) is 200 Å². The molecule has 0 bridgehead atoms. The maximum atomic E-state index is 9.31. The smallest absolute Gasteiger partial charge is 0.0645 e. The van der Waals surface area contributed by atoms with E-state index in [9.17, 15) is 5.48 Å². The Morgan fingerprint density at radius 2 is 0.872 bits per heavy atom. The number of rotatable bonds is 7. The zero-order chi connectivity index (χ0) is 42.7. The lowest BCUT2D eigenvalue weighted by atomic mass is 9.95. The normalized spacial score (nSPS) is 14.9. The zero-order valence-electron chi connectivity index (χ0n) is 38.0. The Labute approximate surface area is 294 Å². The van der Waals surface area contributed by atoms with Gasteiger partial charge in [-0.1, -0.05) is 158 Å². The van der Waals surface area contributed by atoms with Crippen molar-refractivity contribution in [2.24, 2.45) is 0 Å². The second-order valence-corrected chi connectivity index (χ2v) is 10.8. The van der Waals surface area contributed by atoms with Crippen LogP contribution in [-0.2, 0) is 0 Å². The molecule has 0 radical (unpaired) electrons. The van der Waals surface area contributed by atoms with Crippen LogP contribution < -0.4 is 4.90 Å². The van der Waals surface area contributed by atoms with Gasteiger partial charge >= 0.3 is 0 Å². The van der Waals surface area contributed by atoms with Gasteiger partial charge in [0.05, 0.1) is 17.8 Å². The molecule has 0 aliphatic heterocycles. The molecule has 1 heteroatoms. The van der Waals surface area contributed by atoms with Crippen molar-refractivity contribution in [1.82, 2.24) is 0 Å². The van der Waals surface area contributed by atoms with Crippen LogP contribution in [-0.4, -0.2) is 0 Å². The van der Waals surface area contributed by atoms with Crippen LogP contribution in [0.25, 0.3) is 55.3 Å². The van der Waals surface area contributed by atoms with E-state index >= 15 is 0 Å². The van der Waals surface area contributed by atoms with E-state index in [4.69, 9.17) is 12.3 Å². The Hall–Kier alpha value is -6.18. The van der Waals surface area contributed by atoms with E-state index in [1.807, 2.05) is 36.4 Å². The van der Waals surface area contributed by atoms with Crippen LogP contribution >= 0.6 is 0 Å². The fourth-order valence-corrected chi connectivity index (χ4v) is 5.60. The molecule has 0 amide bonds. The number of hydrogen-bond acceptors (Lipinski definition) is 1. The molecule has 8 aromatic carbocycles. The largest absolute Gasteiger partial charge is 0.311 e. The molecule has 1 nitrogen and oxygen atoms in total. The second-order valence-electron chi connectivity index (χ2n) is 10.8. The van der Waals surface area contributed by atoms with E-state index < -0.39 is 95.4 Å². The first-order chi connectivity index (χ1) is 28.7. The summed E-state index contributed by atoms with van der Waals surface area (Å²) in [5, 5.41) is 2.20. The van der Waals surface area contributed by atoms with Gasteiger partial charge in [-0.3, -0.25) is 0 Å². The van der Waals surface area contributed by atoms with Gasteiger partial charge in [-0.25, -0.2) is 0 Å². The van der Waals surface area contributed by atoms with Gasteiger partial charge in [0.25, 0.3) is 0 Å². The van der Waals surface area contributed by atoms with Crippen LogP contribution in [0.5, 0.6) is 0 Å². The fraction of sp³-hybridized carbons (Fsp3) is 0. The predicted molar refractivity (Wildman–Crippen MR) is 200 cm³/mol. The molecule has 47 heavy (non-hydrogen) atoms. The van der Waals surface area contributed by atoms with Crippen molar-refractivity contribution in [3.63, 3.8) is 0 Å². The molecule has 0 aromatic heterocycles. The first-order valence-corrected chi connectivity index (χ1v) is 15.0. The van der Waals surface area contributed by atoms with Gasteiger partial charge in [-0.2, -0.15) is 0 Å². The predicted octanol–water partition coefficient (Wildman–Crippen LogP) is 13.0. The van der Waals surface area contributed by atoms with Crippen molar-refractivity contribution in [3.8, 4) is 44.5 Å². The first kappa shape index (κ1) is 17.5. The van der Waals surface area contributed by atoms with Gasteiger partial charge < -0.3 is 4.90 Å². The Bertz CT molecular complexity index is 2930. The second kappa shape index (κ2) is 12.7. The summed E-state index contributed by atoms with van der Waals surface area (Å²) in [6.07, 6.45) is 0. The van der Waals surface area contributed by atoms with Crippen molar-refractivity contribution in [1.29, 1.82) is 0 Å². The number of nitrogens with zero attached hydrogens (tertiary/aromatic N) is 1. The molecule has 8 aromatic rings. The fourth-order valence-electron chi connectivity index (χ4n) is 5.60. The summed E-state index contributed by atoms with van der Waals surface area (Å²) < 4.78 is 115. The zero-order valence-corrected chi connectivity index (χ0v) is 25.0. The molecule has 0 N–H and O–H groups in total. The number of anilines is 3. The minimum Gasteiger partial charge on any atom is -0.311 e. The van der Waals surface area contributed by atoms with Crippen molar-refractivity contribution in [2.45, 2.75) is 0 Å². The van der Waals surface area contributed by atoms with E-state index in [0.29, 0.717) is 5.56 Å². The van der Waals surface area contributed by atoms with Gasteiger partial charge in [-0.05, 0) is 97.6 Å². The lowest BCUT2D eigenvalue weighted by molar-refractivity contribution is 1.28. The van der Waals surface area contributed by atoms with Gasteiger partial charge in [-0.15, -0.1) is 0 Å². The highest BCUT2D eigenvalue weighted by Crippen LogP contribution is 2.38. The lowest BCUT2D eigenvalue weighted by Gasteiger charge is -2.26. The maximum absolute atomic E-state index is 9.31. The molecule has 222 valence electrons. The van der Waals surface area contributed by atoms with Crippen molar-refractivity contribution >= 4 is 27.8 Å². The van der Waals surface area contributed by atoms with Crippen LogP contribution in [0.3, 0.4) is 0 Å². The Morgan fingerprint density at radius 3 is 1.60 bits per heavy atom. The molecular weight excluding hydrogens is 567 g/mol. The summed E-state index contributed by atoms with van der Waals surface area (Å²) in [5.41, 5.74) is 2.53. The Kier molecular flexibility index (Phi) is 4.72. The molecule has 0 unspecified atom stereocenters. The highest BCUT2D eigenvalue weighted by molar-refractivity contribution is 5.97. The summed E-state index contributed by atoms with van der Waals surface area (Å²) in [6, 6.07) is 29.4. The van der Waals surface area contributed by atoms with E-state index in [1.165, 1.54) is 0 Å². The van der Waals surface area contributed by atoms with Gasteiger partial charge in [0, 0.05) is 17.1 Å². The van der Waals surface area contributed by atoms with E-state index in [0.717, 1.165) is 37.9 Å². The summed E-state index contributed by atoms with van der Waals surface area (Å²) in [7, 11) is 0. The van der Waals surface area contributed by atoms with Crippen LogP contribution in [0, 0.1) is 0 Å². The first-order valence-electron chi connectivity index (χ1n) is 21.5. The minimum absolute atomic E-state index is 0.0341. The maximum Gasteiger partial charge on any atom is 0.0645 e. The highest BCUT2D eigenvalue weighted by atomic mass is 15.1. The molecule has 0 heterocycles. The topological polar surface area (TPSA) is 3.24 Å². The minimum atomic E-state index is -0.729. The third kappa shape index (κ3) is 5.83. The highest BCUT2D eigenvalue weighted by Gasteiger charge is 2.14. The Morgan fingerprint density at radius 1 is 0.340 bits per heavy atom. The van der Waals surface area contributed by atoms with Crippen molar-refractivity contribution in [2.75, 3.05) is 4.90 Å². The molecule has 0 saturated heterocycles. The summed E-state index contributed by atoms with van der Waals surface area (Å²) in [4.78, 5) is 1.16. The standard InChI is InChI=1S/C46H33N/c1-3-11-34(12-4-1)36-21-27-42(28-22-36)47(43-29-23-37(24-30-43)35-13-5-2-6-14-35)44-31-25-38(26-32-44)40-17-9-18-41(33-40)46-20-10-16-39-15-7-8-19-45(39)46/h1-33H/i1D,3D,4D,11D,12D,21D,22D,23D,24D,27D,28D,29D,30D. The molecule has 0 aliphatic rings. The van der Waals surface area contributed by atoms with Crippen LogP contribution in [0.4, 0.5) is 17.1 Å². The molecule has 0 fully saturated rings. The third-order valence-corrected chi connectivity index (χ3v) is 7.91. The van der Waals surface area contributed by atoms with Gasteiger partial charge in [0.1, 0.15) is 0 Å². The number of hydrogen-bond donors (Lipinski definition) is 0. The molecule has 8 rings (SSSR count). The SMILES string of the molecule is [2H]c1c([2H])c([2H])c(-c2c([2H])c([2H])c(N(c3ccc(-c4cccc(-c5cccc6ccccc56)c4)cc3)c3c([2H])c([2H])c(-c4ccccc4)c([2H])c3[2H])c([2H])c2[2H])c([2H])c1[2H]. The third-order valence-electron chi connectivity index (χ3n) is 7.91. The van der Waals surface area contributed by atoms with Crippen LogP contribution in [0.2, 0.25) is 0 Å². The average molecular weight is 613 g/mol. The van der Waals surface area contributed by atoms with E-state index in [-0.39, 0.29) is 16.9 Å². The van der Waals surface area contributed by atoms with E-state index in [1.54, 1.807) is 54.6 Å². The lowest BCUT2D eigenvalue weighted by Crippen LogP contribution is -2.09. The molecule has 0 spiro atoms. The molecule has 0 aliphatic carbocycles. The molecule has 0 atom stereocenters. The number of benzene rings is 8. The summed E-state index contributed by atoms with van der Waals surface area (Å²) in [5.74, 6) is 0. The van der Waals surface area contributed by atoms with E-state index in [2.05, 4.69) is 30.3 Å². The Balaban J connectivity index is 1.34. The molecule has 0 saturated carbocycles.